The van der Waals surface area contributed by atoms with Crippen molar-refractivity contribution in [2.45, 2.75) is 19.0 Å². The smallest absolute Gasteiger partial charge is 0.317 e. The molecular formula is C24H32ClN7O. The number of urea groups is 1. The van der Waals surface area contributed by atoms with Crippen LogP contribution in [0.3, 0.4) is 0 Å². The molecule has 176 valence electrons. The normalized spacial score (nSPS) is 22.4. The van der Waals surface area contributed by atoms with Crippen LogP contribution in [0.15, 0.2) is 42.7 Å². The Bertz CT molecular complexity index is 956. The van der Waals surface area contributed by atoms with E-state index in [1.165, 1.54) is 5.56 Å². The van der Waals surface area contributed by atoms with E-state index in [0.29, 0.717) is 10.9 Å². The Morgan fingerprint density at radius 3 is 2.55 bits per heavy atom. The first kappa shape index (κ1) is 22.4. The van der Waals surface area contributed by atoms with Gasteiger partial charge in [-0.05, 0) is 69.2 Å². The molecule has 0 spiro atoms. The number of anilines is 2. The molecule has 1 unspecified atom stereocenters. The molecule has 2 saturated heterocycles. The number of halogens is 1. The van der Waals surface area contributed by atoms with Crippen molar-refractivity contribution in [3.8, 4) is 0 Å². The quantitative estimate of drug-likeness (QED) is 0.717. The van der Waals surface area contributed by atoms with Gasteiger partial charge in [-0.1, -0.05) is 11.6 Å². The van der Waals surface area contributed by atoms with Crippen molar-refractivity contribution in [2.24, 2.45) is 5.92 Å². The summed E-state index contributed by atoms with van der Waals surface area (Å²) in [5.74, 6) is 0.595. The summed E-state index contributed by atoms with van der Waals surface area (Å²) in [4.78, 5) is 23.8. The number of piperidine rings is 1. The summed E-state index contributed by atoms with van der Waals surface area (Å²) in [5.41, 5.74) is 6.89. The molecule has 8 nitrogen and oxygen atoms in total. The van der Waals surface area contributed by atoms with Crippen LogP contribution in [-0.2, 0) is 0 Å². The Kier molecular flexibility index (Phi) is 6.69. The topological polar surface area (TPSA) is 67.0 Å². The van der Waals surface area contributed by atoms with Crippen molar-refractivity contribution in [3.63, 3.8) is 0 Å². The minimum absolute atomic E-state index is 0.0446. The van der Waals surface area contributed by atoms with E-state index >= 15 is 0 Å². The molecule has 2 aromatic rings. The van der Waals surface area contributed by atoms with Gasteiger partial charge in [-0.25, -0.2) is 10.2 Å². The first-order valence-corrected chi connectivity index (χ1v) is 12.2. The molecule has 2 N–H and O–H groups in total. The first-order valence-electron chi connectivity index (χ1n) is 11.8. The number of nitrogens with one attached hydrogen (secondary N) is 2. The lowest BCUT2D eigenvalue weighted by atomic mass is 9.97. The number of likely N-dealkylation sites (tertiary alicyclic amines) is 1. The third-order valence-electron chi connectivity index (χ3n) is 7.05. The Balaban J connectivity index is 1.18. The van der Waals surface area contributed by atoms with Crippen molar-refractivity contribution in [2.75, 3.05) is 57.9 Å². The lowest BCUT2D eigenvalue weighted by Crippen LogP contribution is -2.54. The molecule has 3 aliphatic heterocycles. The molecule has 5 rings (SSSR count). The molecule has 0 aliphatic carbocycles. The highest BCUT2D eigenvalue weighted by atomic mass is 35.5. The molecule has 0 bridgehead atoms. The number of rotatable bonds is 4. The number of carbonyl (C=O) groups excluding carboxylic acids is 1. The third kappa shape index (κ3) is 4.94. The molecule has 9 heteroatoms. The second-order valence-electron chi connectivity index (χ2n) is 9.23. The molecule has 1 aromatic heterocycles. The van der Waals surface area contributed by atoms with Gasteiger partial charge in [0.25, 0.3) is 0 Å². The minimum atomic E-state index is 0.0446. The van der Waals surface area contributed by atoms with Gasteiger partial charge in [-0.3, -0.25) is 14.9 Å². The summed E-state index contributed by atoms with van der Waals surface area (Å²) in [7, 11) is 2.16. The number of hydrogen-bond acceptors (Lipinski definition) is 6. The molecule has 2 amide bonds. The number of aromatic nitrogens is 1. The van der Waals surface area contributed by atoms with Crippen LogP contribution in [0, 0.1) is 5.92 Å². The fraction of sp³-hybridized carbons (Fsp3) is 0.500. The maximum atomic E-state index is 12.7. The van der Waals surface area contributed by atoms with Crippen LogP contribution in [0.5, 0.6) is 0 Å². The average molecular weight is 470 g/mol. The number of carbonyl (C=O) groups is 1. The van der Waals surface area contributed by atoms with Gasteiger partial charge in [0.05, 0.1) is 17.6 Å². The Morgan fingerprint density at radius 1 is 1.09 bits per heavy atom. The van der Waals surface area contributed by atoms with Crippen LogP contribution in [0.4, 0.5) is 16.2 Å². The Morgan fingerprint density at radius 2 is 1.82 bits per heavy atom. The van der Waals surface area contributed by atoms with Crippen LogP contribution < -0.4 is 15.8 Å². The Labute approximate surface area is 200 Å². The number of fused-ring (bicyclic) bond motifs is 1. The molecule has 33 heavy (non-hydrogen) atoms. The maximum Gasteiger partial charge on any atom is 0.317 e. The zero-order chi connectivity index (χ0) is 22.8. The fourth-order valence-corrected chi connectivity index (χ4v) is 5.08. The second-order valence-corrected chi connectivity index (χ2v) is 9.67. The molecular weight excluding hydrogens is 438 g/mol. The number of amides is 2. The molecule has 0 radical (unpaired) electrons. The average Bonchev–Trinajstić information content (AvgIpc) is 3.24. The van der Waals surface area contributed by atoms with Gasteiger partial charge in [0.2, 0.25) is 0 Å². The van der Waals surface area contributed by atoms with E-state index in [0.717, 1.165) is 70.0 Å². The van der Waals surface area contributed by atoms with Gasteiger partial charge in [-0.15, -0.1) is 0 Å². The standard InChI is InChI=1S/C24H32ClN7O/c1-29-10-7-18(8-11-29)16-27-24(33)31-14-12-30(13-15-31)23-21-6-9-26-17-22(21)32(28-23)20-4-2-19(25)3-5-20/h2-6,9,17-18,23,28H,7-8,10-16H2,1H3,(H,27,33). The van der Waals surface area contributed by atoms with E-state index in [9.17, 15) is 4.79 Å². The minimum Gasteiger partial charge on any atom is -0.338 e. The number of piperazine rings is 1. The highest BCUT2D eigenvalue weighted by Gasteiger charge is 2.35. The lowest BCUT2D eigenvalue weighted by molar-refractivity contribution is 0.0970. The lowest BCUT2D eigenvalue weighted by Gasteiger charge is -2.38. The van der Waals surface area contributed by atoms with Gasteiger partial charge in [-0.2, -0.15) is 0 Å². The van der Waals surface area contributed by atoms with Crippen molar-refractivity contribution >= 4 is 29.0 Å². The second kappa shape index (κ2) is 9.85. The van der Waals surface area contributed by atoms with Crippen LogP contribution >= 0.6 is 11.6 Å². The number of hydrazine groups is 1. The largest absolute Gasteiger partial charge is 0.338 e. The van der Waals surface area contributed by atoms with Gasteiger partial charge >= 0.3 is 6.03 Å². The zero-order valence-corrected chi connectivity index (χ0v) is 19.8. The number of nitrogens with zero attached hydrogens (tertiary/aromatic N) is 5. The predicted molar refractivity (Wildman–Crippen MR) is 130 cm³/mol. The summed E-state index contributed by atoms with van der Waals surface area (Å²) in [5, 5.41) is 5.96. The van der Waals surface area contributed by atoms with Crippen LogP contribution in [0.25, 0.3) is 0 Å². The van der Waals surface area contributed by atoms with Crippen LogP contribution in [0.2, 0.25) is 5.02 Å². The molecule has 4 heterocycles. The van der Waals surface area contributed by atoms with Crippen LogP contribution in [-0.4, -0.2) is 78.6 Å². The van der Waals surface area contributed by atoms with Gasteiger partial charge in [0.15, 0.2) is 0 Å². The van der Waals surface area contributed by atoms with E-state index in [2.05, 4.69) is 43.6 Å². The van der Waals surface area contributed by atoms with E-state index < -0.39 is 0 Å². The summed E-state index contributed by atoms with van der Waals surface area (Å²) in [6.45, 7) is 6.10. The number of benzene rings is 1. The third-order valence-corrected chi connectivity index (χ3v) is 7.30. The van der Waals surface area contributed by atoms with Crippen molar-refractivity contribution in [1.29, 1.82) is 0 Å². The zero-order valence-electron chi connectivity index (χ0n) is 19.1. The van der Waals surface area contributed by atoms with Gasteiger partial charge < -0.3 is 15.1 Å². The maximum absolute atomic E-state index is 12.7. The summed E-state index contributed by atoms with van der Waals surface area (Å²) in [6, 6.07) is 9.93. The summed E-state index contributed by atoms with van der Waals surface area (Å²) < 4.78 is 0. The van der Waals surface area contributed by atoms with Gasteiger partial charge in [0, 0.05) is 49.5 Å². The molecule has 3 aliphatic rings. The Hall–Kier alpha value is -2.39. The summed E-state index contributed by atoms with van der Waals surface area (Å²) in [6.07, 6.45) is 6.10. The van der Waals surface area contributed by atoms with E-state index in [1.54, 1.807) is 0 Å². The van der Waals surface area contributed by atoms with Crippen molar-refractivity contribution < 1.29 is 4.79 Å². The molecule has 1 aromatic carbocycles. The SMILES string of the molecule is CN1CCC(CNC(=O)N2CCN(C3NN(c4ccc(Cl)cc4)c4cnccc43)CC2)CC1. The van der Waals surface area contributed by atoms with E-state index in [4.69, 9.17) is 11.6 Å². The fourth-order valence-electron chi connectivity index (χ4n) is 4.95. The van der Waals surface area contributed by atoms with Gasteiger partial charge in [0.1, 0.15) is 6.17 Å². The monoisotopic (exact) mass is 469 g/mol. The molecule has 1 atom stereocenters. The molecule has 2 fully saturated rings. The highest BCUT2D eigenvalue weighted by molar-refractivity contribution is 6.30. The number of hydrogen-bond donors (Lipinski definition) is 2. The highest BCUT2D eigenvalue weighted by Crippen LogP contribution is 2.38. The molecule has 0 saturated carbocycles. The van der Waals surface area contributed by atoms with Crippen molar-refractivity contribution in [3.05, 3.63) is 53.3 Å². The number of pyridine rings is 1. The van der Waals surface area contributed by atoms with E-state index in [1.807, 2.05) is 41.6 Å². The first-order chi connectivity index (χ1) is 16.1. The predicted octanol–water partition coefficient (Wildman–Crippen LogP) is 3.06. The van der Waals surface area contributed by atoms with Crippen LogP contribution in [0.1, 0.15) is 24.6 Å². The summed E-state index contributed by atoms with van der Waals surface area (Å²) >= 11 is 6.08. The van der Waals surface area contributed by atoms with Crippen molar-refractivity contribution in [1.82, 2.24) is 30.4 Å². The van der Waals surface area contributed by atoms with E-state index in [-0.39, 0.29) is 12.2 Å².